The molecule has 0 radical (unpaired) electrons. The number of ether oxygens (including phenoxy) is 1. The lowest BCUT2D eigenvalue weighted by Crippen LogP contribution is -2.33. The molecule has 1 unspecified atom stereocenters. The normalized spacial score (nSPS) is 11.7. The van der Waals surface area contributed by atoms with Crippen LogP contribution < -0.4 is 10.1 Å². The molecule has 0 aromatic heterocycles. The van der Waals surface area contributed by atoms with E-state index in [2.05, 4.69) is 5.32 Å². The SMILES string of the molecule is CCC(CNC(=O)COc1ccccc1Cl)CC(=O)O. The van der Waals surface area contributed by atoms with Crippen molar-refractivity contribution < 1.29 is 19.4 Å². The maximum Gasteiger partial charge on any atom is 0.303 e. The number of aliphatic carboxylic acids is 1. The molecule has 2 N–H and O–H groups in total. The van der Waals surface area contributed by atoms with Gasteiger partial charge in [0.15, 0.2) is 6.61 Å². The van der Waals surface area contributed by atoms with Crippen LogP contribution in [0.1, 0.15) is 19.8 Å². The summed E-state index contributed by atoms with van der Waals surface area (Å²) in [7, 11) is 0. The number of carbonyl (C=O) groups excluding carboxylic acids is 1. The molecule has 110 valence electrons. The summed E-state index contributed by atoms with van der Waals surface area (Å²) in [6, 6.07) is 6.88. The molecule has 1 atom stereocenters. The van der Waals surface area contributed by atoms with Crippen molar-refractivity contribution in [2.24, 2.45) is 5.92 Å². The van der Waals surface area contributed by atoms with E-state index in [4.69, 9.17) is 21.4 Å². The summed E-state index contributed by atoms with van der Waals surface area (Å²) >= 11 is 5.89. The van der Waals surface area contributed by atoms with Gasteiger partial charge < -0.3 is 15.2 Å². The average molecular weight is 300 g/mol. The zero-order chi connectivity index (χ0) is 15.0. The van der Waals surface area contributed by atoms with E-state index in [0.717, 1.165) is 0 Å². The van der Waals surface area contributed by atoms with Gasteiger partial charge in [0.05, 0.1) is 5.02 Å². The highest BCUT2D eigenvalue weighted by Crippen LogP contribution is 2.22. The van der Waals surface area contributed by atoms with Crippen LogP contribution in [0.25, 0.3) is 0 Å². The van der Waals surface area contributed by atoms with E-state index in [9.17, 15) is 9.59 Å². The number of amides is 1. The van der Waals surface area contributed by atoms with Crippen molar-refractivity contribution in [3.05, 3.63) is 29.3 Å². The zero-order valence-electron chi connectivity index (χ0n) is 11.3. The molecule has 5 nitrogen and oxygen atoms in total. The minimum Gasteiger partial charge on any atom is -0.482 e. The van der Waals surface area contributed by atoms with Gasteiger partial charge in [-0.1, -0.05) is 37.1 Å². The summed E-state index contributed by atoms with van der Waals surface area (Å²) in [6.07, 6.45) is 0.736. The van der Waals surface area contributed by atoms with E-state index in [-0.39, 0.29) is 24.9 Å². The van der Waals surface area contributed by atoms with Crippen LogP contribution in [-0.4, -0.2) is 30.1 Å². The number of benzene rings is 1. The standard InChI is InChI=1S/C14H18ClNO4/c1-2-10(7-14(18)19)8-16-13(17)9-20-12-6-4-3-5-11(12)15/h3-6,10H,2,7-9H2,1H3,(H,16,17)(H,18,19). The number of para-hydroxylation sites is 1. The molecule has 0 saturated heterocycles. The Kier molecular flexibility index (Phi) is 6.87. The van der Waals surface area contributed by atoms with Crippen molar-refractivity contribution >= 4 is 23.5 Å². The zero-order valence-corrected chi connectivity index (χ0v) is 12.0. The molecule has 0 aliphatic heterocycles. The highest BCUT2D eigenvalue weighted by Gasteiger charge is 2.13. The van der Waals surface area contributed by atoms with Crippen LogP contribution in [0.5, 0.6) is 5.75 Å². The van der Waals surface area contributed by atoms with Crippen molar-refractivity contribution in [1.29, 1.82) is 0 Å². The lowest BCUT2D eigenvalue weighted by molar-refractivity contribution is -0.138. The Bertz CT molecular complexity index is 464. The van der Waals surface area contributed by atoms with Gasteiger partial charge in [-0.2, -0.15) is 0 Å². The molecule has 0 bridgehead atoms. The molecule has 1 rings (SSSR count). The third-order valence-electron chi connectivity index (χ3n) is 2.82. The molecule has 0 aliphatic carbocycles. The number of hydrogen-bond acceptors (Lipinski definition) is 3. The second-order valence-electron chi connectivity index (χ2n) is 4.40. The third kappa shape index (κ3) is 5.93. The van der Waals surface area contributed by atoms with Crippen molar-refractivity contribution in [1.82, 2.24) is 5.32 Å². The Morgan fingerprint density at radius 2 is 2.10 bits per heavy atom. The van der Waals surface area contributed by atoms with E-state index < -0.39 is 5.97 Å². The molecule has 0 aliphatic rings. The fourth-order valence-corrected chi connectivity index (χ4v) is 1.81. The van der Waals surface area contributed by atoms with Crippen LogP contribution in [0.4, 0.5) is 0 Å². The average Bonchev–Trinajstić information content (AvgIpc) is 2.42. The third-order valence-corrected chi connectivity index (χ3v) is 3.14. The van der Waals surface area contributed by atoms with Gasteiger partial charge in [0.2, 0.25) is 0 Å². The molecule has 0 fully saturated rings. The molecule has 0 saturated carbocycles. The van der Waals surface area contributed by atoms with Crippen molar-refractivity contribution in [3.63, 3.8) is 0 Å². The minimum absolute atomic E-state index is 0.0438. The Morgan fingerprint density at radius 1 is 1.40 bits per heavy atom. The summed E-state index contributed by atoms with van der Waals surface area (Å²) in [4.78, 5) is 22.2. The summed E-state index contributed by atoms with van der Waals surface area (Å²) in [5, 5.41) is 11.8. The van der Waals surface area contributed by atoms with Crippen molar-refractivity contribution in [2.45, 2.75) is 19.8 Å². The van der Waals surface area contributed by atoms with Gasteiger partial charge in [0, 0.05) is 13.0 Å². The smallest absolute Gasteiger partial charge is 0.303 e. The fourth-order valence-electron chi connectivity index (χ4n) is 1.62. The monoisotopic (exact) mass is 299 g/mol. The van der Waals surface area contributed by atoms with Crippen LogP contribution in [0.15, 0.2) is 24.3 Å². The first-order valence-electron chi connectivity index (χ1n) is 6.38. The first kappa shape index (κ1) is 16.3. The van der Waals surface area contributed by atoms with Crippen LogP contribution in [0.3, 0.4) is 0 Å². The molecule has 6 heteroatoms. The highest BCUT2D eigenvalue weighted by molar-refractivity contribution is 6.32. The summed E-state index contributed by atoms with van der Waals surface area (Å²) < 4.78 is 5.29. The van der Waals surface area contributed by atoms with Crippen LogP contribution >= 0.6 is 11.6 Å². The largest absolute Gasteiger partial charge is 0.482 e. The Balaban J connectivity index is 2.33. The predicted molar refractivity (Wildman–Crippen MR) is 76.0 cm³/mol. The number of nitrogens with one attached hydrogen (secondary N) is 1. The van der Waals surface area contributed by atoms with Gasteiger partial charge >= 0.3 is 5.97 Å². The van der Waals surface area contributed by atoms with Gasteiger partial charge in [0.25, 0.3) is 5.91 Å². The topological polar surface area (TPSA) is 75.6 Å². The quantitative estimate of drug-likeness (QED) is 0.772. The molecule has 0 heterocycles. The molecule has 0 spiro atoms. The lowest BCUT2D eigenvalue weighted by atomic mass is 10.0. The lowest BCUT2D eigenvalue weighted by Gasteiger charge is -2.14. The van der Waals surface area contributed by atoms with Crippen LogP contribution in [-0.2, 0) is 9.59 Å². The molecular weight excluding hydrogens is 282 g/mol. The molecule has 1 aromatic rings. The number of carbonyl (C=O) groups is 2. The molecule has 1 aromatic carbocycles. The van der Waals surface area contributed by atoms with Gasteiger partial charge in [-0.3, -0.25) is 9.59 Å². The summed E-state index contributed by atoms with van der Waals surface area (Å²) in [5.41, 5.74) is 0. The van der Waals surface area contributed by atoms with Gasteiger partial charge in [-0.25, -0.2) is 0 Å². The first-order valence-corrected chi connectivity index (χ1v) is 6.76. The van der Waals surface area contributed by atoms with E-state index >= 15 is 0 Å². The first-order chi connectivity index (χ1) is 9.52. The van der Waals surface area contributed by atoms with E-state index in [1.165, 1.54) is 0 Å². The highest BCUT2D eigenvalue weighted by atomic mass is 35.5. The number of carboxylic acid groups (broad SMARTS) is 1. The van der Waals surface area contributed by atoms with Crippen LogP contribution in [0, 0.1) is 5.92 Å². The van der Waals surface area contributed by atoms with Crippen molar-refractivity contribution in [2.75, 3.05) is 13.2 Å². The second-order valence-corrected chi connectivity index (χ2v) is 4.80. The van der Waals surface area contributed by atoms with E-state index in [1.54, 1.807) is 24.3 Å². The maximum absolute atomic E-state index is 11.6. The Hall–Kier alpha value is -1.75. The molecule has 1 amide bonds. The number of rotatable bonds is 8. The summed E-state index contributed by atoms with van der Waals surface area (Å²) in [5.74, 6) is -0.786. The Labute approximate surface area is 122 Å². The number of halogens is 1. The number of hydrogen-bond donors (Lipinski definition) is 2. The minimum atomic E-state index is -0.863. The molecule has 20 heavy (non-hydrogen) atoms. The maximum atomic E-state index is 11.6. The van der Waals surface area contributed by atoms with E-state index in [0.29, 0.717) is 23.7 Å². The second kappa shape index (κ2) is 8.43. The van der Waals surface area contributed by atoms with Crippen LogP contribution in [0.2, 0.25) is 5.02 Å². The fraction of sp³-hybridized carbons (Fsp3) is 0.429. The number of carboxylic acids is 1. The van der Waals surface area contributed by atoms with E-state index in [1.807, 2.05) is 6.92 Å². The molecular formula is C14H18ClNO4. The predicted octanol–water partition coefficient (Wildman–Crippen LogP) is 2.34. The summed E-state index contributed by atoms with van der Waals surface area (Å²) in [6.45, 7) is 2.07. The van der Waals surface area contributed by atoms with Crippen molar-refractivity contribution in [3.8, 4) is 5.75 Å². The Morgan fingerprint density at radius 3 is 2.70 bits per heavy atom. The van der Waals surface area contributed by atoms with Gasteiger partial charge in [-0.15, -0.1) is 0 Å². The van der Waals surface area contributed by atoms with Gasteiger partial charge in [0.1, 0.15) is 5.75 Å². The van der Waals surface area contributed by atoms with Gasteiger partial charge in [-0.05, 0) is 18.1 Å².